The zero-order chi connectivity index (χ0) is 13.8. The zero-order valence-corrected chi connectivity index (χ0v) is 10.1. The van der Waals surface area contributed by atoms with Crippen LogP contribution in [0.25, 0.3) is 0 Å². The van der Waals surface area contributed by atoms with Gasteiger partial charge in [0.15, 0.2) is 0 Å². The van der Waals surface area contributed by atoms with Crippen LogP contribution in [-0.2, 0) is 12.8 Å². The van der Waals surface area contributed by atoms with Crippen LogP contribution >= 0.6 is 0 Å². The van der Waals surface area contributed by atoms with Gasteiger partial charge >= 0.3 is 0 Å². The predicted octanol–water partition coefficient (Wildman–Crippen LogP) is 3.25. The van der Waals surface area contributed by atoms with E-state index in [-0.39, 0.29) is 24.2 Å². The Bertz CT molecular complexity index is 569. The molecule has 1 atom stereocenters. The Morgan fingerprint density at radius 1 is 0.895 bits per heavy atom. The molecular weight excluding hydrogens is 253 g/mol. The van der Waals surface area contributed by atoms with Crippen molar-refractivity contribution in [3.05, 3.63) is 71.0 Å². The molecule has 1 nitrogen and oxygen atoms in total. The second-order valence-corrected chi connectivity index (χ2v) is 4.43. The van der Waals surface area contributed by atoms with Gasteiger partial charge < -0.3 is 5.11 Å². The van der Waals surface area contributed by atoms with E-state index >= 15 is 0 Å². The fourth-order valence-electron chi connectivity index (χ4n) is 1.96. The molecule has 2 aromatic carbocycles. The van der Waals surface area contributed by atoms with Gasteiger partial charge in [0, 0.05) is 6.42 Å². The second-order valence-electron chi connectivity index (χ2n) is 4.43. The molecule has 0 fully saturated rings. The van der Waals surface area contributed by atoms with Crippen LogP contribution < -0.4 is 0 Å². The molecule has 1 unspecified atom stereocenters. The number of hydrogen-bond acceptors (Lipinski definition) is 1. The van der Waals surface area contributed by atoms with E-state index in [4.69, 9.17) is 0 Å². The molecular formula is C15H13F3O. The summed E-state index contributed by atoms with van der Waals surface area (Å²) >= 11 is 0. The van der Waals surface area contributed by atoms with Crippen molar-refractivity contribution in [2.24, 2.45) is 0 Å². The molecule has 19 heavy (non-hydrogen) atoms. The van der Waals surface area contributed by atoms with Crippen molar-refractivity contribution in [2.75, 3.05) is 0 Å². The van der Waals surface area contributed by atoms with Crippen molar-refractivity contribution in [3.63, 3.8) is 0 Å². The maximum atomic E-state index is 13.4. The van der Waals surface area contributed by atoms with E-state index in [1.165, 1.54) is 12.1 Å². The molecule has 0 bridgehead atoms. The minimum Gasteiger partial charge on any atom is -0.392 e. The van der Waals surface area contributed by atoms with Gasteiger partial charge in [0.05, 0.1) is 6.10 Å². The Kier molecular flexibility index (Phi) is 4.22. The highest BCUT2D eigenvalue weighted by Gasteiger charge is 2.11. The topological polar surface area (TPSA) is 20.2 Å². The fourth-order valence-corrected chi connectivity index (χ4v) is 1.96. The average Bonchev–Trinajstić information content (AvgIpc) is 2.34. The van der Waals surface area contributed by atoms with Crippen LogP contribution in [0.5, 0.6) is 0 Å². The van der Waals surface area contributed by atoms with E-state index in [2.05, 4.69) is 0 Å². The molecule has 0 saturated carbocycles. The SMILES string of the molecule is OC(Cc1cccc(F)c1)Cc1cc(F)ccc1F. The summed E-state index contributed by atoms with van der Waals surface area (Å²) in [5, 5.41) is 9.85. The van der Waals surface area contributed by atoms with Crippen molar-refractivity contribution < 1.29 is 18.3 Å². The lowest BCUT2D eigenvalue weighted by Crippen LogP contribution is -2.15. The van der Waals surface area contributed by atoms with Crippen LogP contribution in [0, 0.1) is 17.5 Å². The molecule has 0 aliphatic heterocycles. The summed E-state index contributed by atoms with van der Waals surface area (Å²) in [4.78, 5) is 0. The summed E-state index contributed by atoms with van der Waals surface area (Å²) in [5.41, 5.74) is 0.730. The van der Waals surface area contributed by atoms with Gasteiger partial charge in [-0.05, 0) is 47.9 Å². The van der Waals surface area contributed by atoms with Crippen molar-refractivity contribution in [2.45, 2.75) is 18.9 Å². The molecule has 4 heteroatoms. The van der Waals surface area contributed by atoms with Gasteiger partial charge in [-0.3, -0.25) is 0 Å². The normalized spacial score (nSPS) is 12.4. The largest absolute Gasteiger partial charge is 0.392 e. The lowest BCUT2D eigenvalue weighted by molar-refractivity contribution is 0.174. The van der Waals surface area contributed by atoms with Crippen molar-refractivity contribution in [1.82, 2.24) is 0 Å². The van der Waals surface area contributed by atoms with Gasteiger partial charge in [-0.1, -0.05) is 12.1 Å². The number of aliphatic hydroxyl groups is 1. The maximum Gasteiger partial charge on any atom is 0.126 e. The first-order valence-corrected chi connectivity index (χ1v) is 5.91. The van der Waals surface area contributed by atoms with E-state index in [0.29, 0.717) is 5.56 Å². The van der Waals surface area contributed by atoms with Crippen molar-refractivity contribution in [3.8, 4) is 0 Å². The highest BCUT2D eigenvalue weighted by Crippen LogP contribution is 2.14. The van der Waals surface area contributed by atoms with Gasteiger partial charge in [0.2, 0.25) is 0 Å². The van der Waals surface area contributed by atoms with E-state index in [1.807, 2.05) is 0 Å². The summed E-state index contributed by atoms with van der Waals surface area (Å²) in [6, 6.07) is 8.95. The van der Waals surface area contributed by atoms with Crippen molar-refractivity contribution >= 4 is 0 Å². The number of hydrogen-bond donors (Lipinski definition) is 1. The first-order valence-electron chi connectivity index (χ1n) is 5.91. The molecule has 0 spiro atoms. The summed E-state index contributed by atoms with van der Waals surface area (Å²) in [6.45, 7) is 0. The second kappa shape index (κ2) is 5.89. The van der Waals surface area contributed by atoms with Crippen LogP contribution in [0.3, 0.4) is 0 Å². The lowest BCUT2D eigenvalue weighted by Gasteiger charge is -2.11. The summed E-state index contributed by atoms with van der Waals surface area (Å²) in [5.74, 6) is -1.49. The molecule has 1 N–H and O–H groups in total. The monoisotopic (exact) mass is 266 g/mol. The minimum atomic E-state index is -0.891. The molecule has 2 rings (SSSR count). The summed E-state index contributed by atoms with van der Waals surface area (Å²) in [7, 11) is 0. The van der Waals surface area contributed by atoms with E-state index in [1.54, 1.807) is 12.1 Å². The van der Waals surface area contributed by atoms with Gasteiger partial charge in [-0.15, -0.1) is 0 Å². The highest BCUT2D eigenvalue weighted by atomic mass is 19.1. The van der Waals surface area contributed by atoms with Gasteiger partial charge in [0.25, 0.3) is 0 Å². The molecule has 2 aromatic rings. The maximum absolute atomic E-state index is 13.4. The number of rotatable bonds is 4. The quantitative estimate of drug-likeness (QED) is 0.900. The fraction of sp³-hybridized carbons (Fsp3) is 0.200. The standard InChI is InChI=1S/C15H13F3O/c16-12-3-1-2-10(6-12)7-14(19)9-11-8-13(17)4-5-15(11)18/h1-6,8,14,19H,7,9H2. The Labute approximate surface area is 109 Å². The lowest BCUT2D eigenvalue weighted by atomic mass is 10.0. The molecule has 0 radical (unpaired) electrons. The number of benzene rings is 2. The van der Waals surface area contributed by atoms with Crippen molar-refractivity contribution in [1.29, 1.82) is 0 Å². The first kappa shape index (κ1) is 13.6. The Morgan fingerprint density at radius 2 is 1.63 bits per heavy atom. The third-order valence-electron chi connectivity index (χ3n) is 2.82. The molecule has 0 amide bonds. The third-order valence-corrected chi connectivity index (χ3v) is 2.82. The Hall–Kier alpha value is -1.81. The zero-order valence-electron chi connectivity index (χ0n) is 10.1. The first-order chi connectivity index (χ1) is 9.04. The Balaban J connectivity index is 2.05. The number of aliphatic hydroxyl groups excluding tert-OH is 1. The summed E-state index contributed by atoms with van der Waals surface area (Å²) in [6.07, 6.45) is -0.716. The van der Waals surface area contributed by atoms with Gasteiger partial charge in [-0.25, -0.2) is 13.2 Å². The predicted molar refractivity (Wildman–Crippen MR) is 66.2 cm³/mol. The van der Waals surface area contributed by atoms with E-state index < -0.39 is 17.7 Å². The van der Waals surface area contributed by atoms with Crippen LogP contribution in [-0.4, -0.2) is 11.2 Å². The molecule has 0 aromatic heterocycles. The Morgan fingerprint density at radius 3 is 2.37 bits per heavy atom. The van der Waals surface area contributed by atoms with Gasteiger partial charge in [-0.2, -0.15) is 0 Å². The van der Waals surface area contributed by atoms with Crippen LogP contribution in [0.2, 0.25) is 0 Å². The smallest absolute Gasteiger partial charge is 0.126 e. The van der Waals surface area contributed by atoms with E-state index in [9.17, 15) is 18.3 Å². The molecule has 0 aliphatic carbocycles. The molecule has 0 aliphatic rings. The average molecular weight is 266 g/mol. The van der Waals surface area contributed by atoms with Crippen LogP contribution in [0.4, 0.5) is 13.2 Å². The van der Waals surface area contributed by atoms with Crippen LogP contribution in [0.1, 0.15) is 11.1 Å². The molecule has 0 heterocycles. The van der Waals surface area contributed by atoms with Crippen LogP contribution in [0.15, 0.2) is 42.5 Å². The number of halogens is 3. The highest BCUT2D eigenvalue weighted by molar-refractivity contribution is 5.21. The molecule has 100 valence electrons. The third kappa shape index (κ3) is 3.83. The van der Waals surface area contributed by atoms with E-state index in [0.717, 1.165) is 18.2 Å². The van der Waals surface area contributed by atoms with Gasteiger partial charge in [0.1, 0.15) is 17.5 Å². The minimum absolute atomic E-state index is 0.0138. The molecule has 0 saturated heterocycles. The summed E-state index contributed by atoms with van der Waals surface area (Å²) < 4.78 is 39.3.